The van der Waals surface area contributed by atoms with Gasteiger partial charge in [0.15, 0.2) is 0 Å². The second-order valence-electron chi connectivity index (χ2n) is 4.54. The molecule has 1 heterocycles. The normalized spacial score (nSPS) is 10.7. The predicted molar refractivity (Wildman–Crippen MR) is 86.0 cm³/mol. The molecule has 6 nitrogen and oxygen atoms in total. The summed E-state index contributed by atoms with van der Waals surface area (Å²) in [6, 6.07) is 7.18. The van der Waals surface area contributed by atoms with Gasteiger partial charge in [-0.1, -0.05) is 23.7 Å². The Labute approximate surface area is 140 Å². The maximum Gasteiger partial charge on any atom is 0.346 e. The molecule has 0 aliphatic rings. The number of carbonyl (C=O) groups is 1. The minimum absolute atomic E-state index is 0.124. The van der Waals surface area contributed by atoms with Crippen LogP contribution in [0.3, 0.4) is 0 Å². The third-order valence-corrected chi connectivity index (χ3v) is 3.81. The number of nitrogens with zero attached hydrogens (tertiary/aromatic N) is 3. The SMILES string of the molecule is CCOC(=O)CCn1c(Br)nn(Cc2ccc(Cl)cc2)c1=O. The Kier molecular flexibility index (Phi) is 5.79. The van der Waals surface area contributed by atoms with E-state index in [4.69, 9.17) is 16.3 Å². The molecule has 0 spiro atoms. The summed E-state index contributed by atoms with van der Waals surface area (Å²) in [7, 11) is 0. The smallest absolute Gasteiger partial charge is 0.346 e. The third-order valence-electron chi connectivity index (χ3n) is 2.97. The Balaban J connectivity index is 2.11. The number of aromatic nitrogens is 3. The molecule has 8 heteroatoms. The van der Waals surface area contributed by atoms with E-state index >= 15 is 0 Å². The highest BCUT2D eigenvalue weighted by molar-refractivity contribution is 9.10. The average molecular weight is 389 g/mol. The summed E-state index contributed by atoms with van der Waals surface area (Å²) in [5.41, 5.74) is 0.625. The van der Waals surface area contributed by atoms with Crippen LogP contribution in [-0.2, 0) is 22.6 Å². The fourth-order valence-corrected chi connectivity index (χ4v) is 2.55. The van der Waals surface area contributed by atoms with Gasteiger partial charge < -0.3 is 4.74 Å². The van der Waals surface area contributed by atoms with E-state index in [1.807, 2.05) is 12.1 Å². The van der Waals surface area contributed by atoms with Crippen molar-refractivity contribution in [3.8, 4) is 0 Å². The molecule has 0 radical (unpaired) electrons. The molecule has 22 heavy (non-hydrogen) atoms. The van der Waals surface area contributed by atoms with Crippen molar-refractivity contribution >= 4 is 33.5 Å². The van der Waals surface area contributed by atoms with E-state index in [1.54, 1.807) is 19.1 Å². The Morgan fingerprint density at radius 2 is 2.05 bits per heavy atom. The fraction of sp³-hybridized carbons (Fsp3) is 0.357. The highest BCUT2D eigenvalue weighted by atomic mass is 79.9. The number of hydrogen-bond donors (Lipinski definition) is 0. The standard InChI is InChI=1S/C14H15BrClN3O3/c1-2-22-12(20)7-8-18-13(15)17-19(14(18)21)9-10-3-5-11(16)6-4-10/h3-6H,2,7-9H2,1H3. The Morgan fingerprint density at radius 3 is 2.68 bits per heavy atom. The predicted octanol–water partition coefficient (Wildman–Crippen LogP) is 2.46. The maximum atomic E-state index is 12.3. The van der Waals surface area contributed by atoms with Crippen LogP contribution in [-0.4, -0.2) is 26.9 Å². The molecule has 0 unspecified atom stereocenters. The first kappa shape index (κ1) is 16.8. The zero-order valence-corrected chi connectivity index (χ0v) is 14.3. The van der Waals surface area contributed by atoms with Crippen molar-refractivity contribution in [2.75, 3.05) is 6.61 Å². The average Bonchev–Trinajstić information content (AvgIpc) is 2.74. The second kappa shape index (κ2) is 7.60. The molecule has 1 aromatic carbocycles. The lowest BCUT2D eigenvalue weighted by Crippen LogP contribution is -2.26. The lowest BCUT2D eigenvalue weighted by molar-refractivity contribution is -0.143. The monoisotopic (exact) mass is 387 g/mol. The van der Waals surface area contributed by atoms with Crippen LogP contribution in [0.15, 0.2) is 33.8 Å². The van der Waals surface area contributed by atoms with Gasteiger partial charge in [-0.2, -0.15) is 0 Å². The van der Waals surface area contributed by atoms with Crippen LogP contribution in [0, 0.1) is 0 Å². The molecular weight excluding hydrogens is 374 g/mol. The Morgan fingerprint density at radius 1 is 1.36 bits per heavy atom. The van der Waals surface area contributed by atoms with E-state index in [0.29, 0.717) is 22.9 Å². The number of hydrogen-bond acceptors (Lipinski definition) is 4. The largest absolute Gasteiger partial charge is 0.466 e. The summed E-state index contributed by atoms with van der Waals surface area (Å²) in [5.74, 6) is -0.341. The third kappa shape index (κ3) is 4.20. The van der Waals surface area contributed by atoms with Crippen LogP contribution in [0.5, 0.6) is 0 Å². The lowest BCUT2D eigenvalue weighted by atomic mass is 10.2. The molecule has 1 aromatic heterocycles. The molecule has 2 rings (SSSR count). The van der Waals surface area contributed by atoms with Crippen molar-refractivity contribution in [3.63, 3.8) is 0 Å². The van der Waals surface area contributed by atoms with Crippen LogP contribution in [0.1, 0.15) is 18.9 Å². The molecule has 0 atom stereocenters. The quantitative estimate of drug-likeness (QED) is 0.713. The van der Waals surface area contributed by atoms with Crippen LogP contribution < -0.4 is 5.69 Å². The van der Waals surface area contributed by atoms with Gasteiger partial charge in [-0.15, -0.1) is 5.10 Å². The van der Waals surface area contributed by atoms with Crippen molar-refractivity contribution in [3.05, 3.63) is 50.1 Å². The van der Waals surface area contributed by atoms with Crippen LogP contribution >= 0.6 is 27.5 Å². The summed E-state index contributed by atoms with van der Waals surface area (Å²) in [6.07, 6.45) is 0.124. The molecule has 0 aliphatic heterocycles. The van der Waals surface area contributed by atoms with Gasteiger partial charge in [-0.05, 0) is 40.5 Å². The van der Waals surface area contributed by atoms with Crippen molar-refractivity contribution in [2.24, 2.45) is 0 Å². The summed E-state index contributed by atoms with van der Waals surface area (Å²) < 4.78 is 7.96. The lowest BCUT2D eigenvalue weighted by Gasteiger charge is -2.02. The molecule has 0 bridgehead atoms. The van der Waals surface area contributed by atoms with E-state index in [2.05, 4.69) is 21.0 Å². The molecule has 0 amide bonds. The highest BCUT2D eigenvalue weighted by Crippen LogP contribution is 2.11. The first-order valence-corrected chi connectivity index (χ1v) is 7.91. The highest BCUT2D eigenvalue weighted by Gasteiger charge is 2.13. The number of benzene rings is 1. The summed E-state index contributed by atoms with van der Waals surface area (Å²) in [4.78, 5) is 23.7. The first-order valence-electron chi connectivity index (χ1n) is 6.74. The van der Waals surface area contributed by atoms with E-state index < -0.39 is 0 Å². The minimum atomic E-state index is -0.341. The fourth-order valence-electron chi connectivity index (χ4n) is 1.90. The van der Waals surface area contributed by atoms with Gasteiger partial charge in [-0.3, -0.25) is 9.36 Å². The number of rotatable bonds is 6. The van der Waals surface area contributed by atoms with Crippen LogP contribution in [0.25, 0.3) is 0 Å². The van der Waals surface area contributed by atoms with Gasteiger partial charge in [0.2, 0.25) is 4.73 Å². The van der Waals surface area contributed by atoms with Crippen molar-refractivity contribution in [1.82, 2.24) is 14.3 Å². The Bertz CT molecular complexity index is 709. The second-order valence-corrected chi connectivity index (χ2v) is 5.69. The van der Waals surface area contributed by atoms with E-state index in [1.165, 1.54) is 9.25 Å². The molecule has 0 aliphatic carbocycles. The van der Waals surface area contributed by atoms with Crippen LogP contribution in [0.4, 0.5) is 0 Å². The maximum absolute atomic E-state index is 12.3. The zero-order chi connectivity index (χ0) is 16.1. The minimum Gasteiger partial charge on any atom is -0.466 e. The Hall–Kier alpha value is -1.60. The molecular formula is C14H15BrClN3O3. The van der Waals surface area contributed by atoms with Crippen LogP contribution in [0.2, 0.25) is 5.02 Å². The summed E-state index contributed by atoms with van der Waals surface area (Å²) in [6.45, 7) is 2.62. The van der Waals surface area contributed by atoms with Gasteiger partial charge in [0.25, 0.3) is 0 Å². The van der Waals surface area contributed by atoms with Gasteiger partial charge >= 0.3 is 11.7 Å². The number of carbonyl (C=O) groups excluding carboxylic acids is 1. The van der Waals surface area contributed by atoms with E-state index in [9.17, 15) is 9.59 Å². The van der Waals surface area contributed by atoms with Crippen molar-refractivity contribution in [1.29, 1.82) is 0 Å². The zero-order valence-electron chi connectivity index (χ0n) is 12.0. The van der Waals surface area contributed by atoms with Gasteiger partial charge in [0.1, 0.15) is 0 Å². The van der Waals surface area contributed by atoms with Gasteiger partial charge in [0, 0.05) is 11.6 Å². The summed E-state index contributed by atoms with van der Waals surface area (Å²) in [5, 5.41) is 4.79. The van der Waals surface area contributed by atoms with Crippen molar-refractivity contribution in [2.45, 2.75) is 26.4 Å². The topological polar surface area (TPSA) is 66.1 Å². The number of halogens is 2. The van der Waals surface area contributed by atoms with Crippen molar-refractivity contribution < 1.29 is 9.53 Å². The number of esters is 1. The molecule has 0 fully saturated rings. The molecule has 0 saturated carbocycles. The molecule has 2 aromatic rings. The van der Waals surface area contributed by atoms with Gasteiger partial charge in [-0.25, -0.2) is 9.48 Å². The molecule has 0 N–H and O–H groups in total. The molecule has 0 saturated heterocycles. The van der Waals surface area contributed by atoms with Gasteiger partial charge in [0.05, 0.1) is 19.6 Å². The first-order chi connectivity index (χ1) is 10.5. The van der Waals surface area contributed by atoms with E-state index in [0.717, 1.165) is 5.56 Å². The number of ether oxygens (including phenoxy) is 1. The summed E-state index contributed by atoms with van der Waals surface area (Å²) >= 11 is 9.07. The van der Waals surface area contributed by atoms with E-state index in [-0.39, 0.29) is 24.6 Å². The molecule has 118 valence electrons.